The van der Waals surface area contributed by atoms with Crippen molar-refractivity contribution in [3.8, 4) is 0 Å². The van der Waals surface area contributed by atoms with Gasteiger partial charge in [0.1, 0.15) is 4.21 Å². The number of anilines is 1. The summed E-state index contributed by atoms with van der Waals surface area (Å²) < 4.78 is 5.80. The molecule has 0 atom stereocenters. The van der Waals surface area contributed by atoms with E-state index in [1.165, 1.54) is 46.0 Å². The number of guanidine groups is 1. The summed E-state index contributed by atoms with van der Waals surface area (Å²) >= 11 is 3.42. The SMILES string of the molecule is Cc1sc2c(c1C)NC(NC1CCCC1)=NS2. The molecule has 0 bridgehead atoms. The Balaban J connectivity index is 1.73. The van der Waals surface area contributed by atoms with Gasteiger partial charge in [-0.1, -0.05) is 12.8 Å². The molecule has 1 saturated carbocycles. The minimum atomic E-state index is 0.614. The molecule has 1 aromatic heterocycles. The smallest absolute Gasteiger partial charge is 0.208 e. The van der Waals surface area contributed by atoms with Gasteiger partial charge in [-0.2, -0.15) is 4.40 Å². The first-order valence-corrected chi connectivity index (χ1v) is 7.71. The molecular formula is C12H17N3S2. The molecule has 2 N–H and O–H groups in total. The highest BCUT2D eigenvalue weighted by atomic mass is 32.2. The van der Waals surface area contributed by atoms with Crippen molar-refractivity contribution in [2.75, 3.05) is 5.32 Å². The fraction of sp³-hybridized carbons (Fsp3) is 0.583. The molecule has 3 nitrogen and oxygen atoms in total. The minimum Gasteiger partial charge on any atom is -0.353 e. The van der Waals surface area contributed by atoms with Gasteiger partial charge in [0.2, 0.25) is 5.96 Å². The molecule has 1 aromatic rings. The lowest BCUT2D eigenvalue weighted by molar-refractivity contribution is 0.630. The van der Waals surface area contributed by atoms with E-state index in [4.69, 9.17) is 0 Å². The summed E-state index contributed by atoms with van der Waals surface area (Å²) in [4.78, 5) is 1.38. The maximum Gasteiger partial charge on any atom is 0.208 e. The molecular weight excluding hydrogens is 250 g/mol. The van der Waals surface area contributed by atoms with Crippen molar-refractivity contribution < 1.29 is 0 Å². The largest absolute Gasteiger partial charge is 0.353 e. The van der Waals surface area contributed by atoms with Crippen LogP contribution in [0.15, 0.2) is 8.61 Å². The van der Waals surface area contributed by atoms with Crippen molar-refractivity contribution in [2.24, 2.45) is 4.40 Å². The van der Waals surface area contributed by atoms with Crippen molar-refractivity contribution in [1.29, 1.82) is 0 Å². The molecule has 0 spiro atoms. The third kappa shape index (κ3) is 2.18. The highest BCUT2D eigenvalue weighted by Crippen LogP contribution is 2.42. The molecule has 1 aliphatic heterocycles. The molecule has 0 saturated heterocycles. The van der Waals surface area contributed by atoms with Crippen LogP contribution in [0, 0.1) is 13.8 Å². The molecule has 17 heavy (non-hydrogen) atoms. The van der Waals surface area contributed by atoms with Gasteiger partial charge in [0, 0.05) is 22.9 Å². The van der Waals surface area contributed by atoms with Gasteiger partial charge in [-0.15, -0.1) is 11.3 Å². The van der Waals surface area contributed by atoms with Crippen LogP contribution in [-0.2, 0) is 0 Å². The highest BCUT2D eigenvalue weighted by Gasteiger charge is 2.22. The highest BCUT2D eigenvalue weighted by molar-refractivity contribution is 8.00. The minimum absolute atomic E-state index is 0.614. The van der Waals surface area contributed by atoms with Crippen LogP contribution in [0.5, 0.6) is 0 Å². The molecule has 2 aliphatic rings. The Labute approximate surface area is 110 Å². The number of nitrogens with one attached hydrogen (secondary N) is 2. The lowest BCUT2D eigenvalue weighted by Crippen LogP contribution is -2.38. The Morgan fingerprint density at radius 1 is 1.29 bits per heavy atom. The fourth-order valence-electron chi connectivity index (χ4n) is 2.36. The summed E-state index contributed by atoms with van der Waals surface area (Å²) in [6.07, 6.45) is 5.25. The Kier molecular flexibility index (Phi) is 3.04. The van der Waals surface area contributed by atoms with Crippen LogP contribution in [-0.4, -0.2) is 12.0 Å². The van der Waals surface area contributed by atoms with Gasteiger partial charge < -0.3 is 10.6 Å². The van der Waals surface area contributed by atoms with E-state index < -0.39 is 0 Å². The van der Waals surface area contributed by atoms with Crippen LogP contribution in [0.4, 0.5) is 5.69 Å². The predicted octanol–water partition coefficient (Wildman–Crippen LogP) is 3.69. The van der Waals surface area contributed by atoms with Crippen molar-refractivity contribution in [3.63, 3.8) is 0 Å². The van der Waals surface area contributed by atoms with Crippen LogP contribution in [0.1, 0.15) is 36.1 Å². The van der Waals surface area contributed by atoms with E-state index in [0.29, 0.717) is 6.04 Å². The van der Waals surface area contributed by atoms with Gasteiger partial charge in [-0.25, -0.2) is 0 Å². The molecule has 0 aromatic carbocycles. The standard InChI is InChI=1S/C12H17N3S2/c1-7-8(2)16-11-10(7)14-12(15-17-11)13-9-5-3-4-6-9/h9H,3-6H2,1-2H3,(H2,13,14,15). The second kappa shape index (κ2) is 4.53. The van der Waals surface area contributed by atoms with E-state index in [0.717, 1.165) is 5.96 Å². The molecule has 1 aliphatic carbocycles. The first kappa shape index (κ1) is 11.4. The van der Waals surface area contributed by atoms with Crippen molar-refractivity contribution >= 4 is 34.9 Å². The Morgan fingerprint density at radius 2 is 2.06 bits per heavy atom. The quantitative estimate of drug-likeness (QED) is 0.762. The Hall–Kier alpha value is -0.680. The molecule has 2 heterocycles. The topological polar surface area (TPSA) is 36.4 Å². The zero-order chi connectivity index (χ0) is 11.8. The first-order chi connectivity index (χ1) is 8.24. The van der Waals surface area contributed by atoms with Crippen LogP contribution in [0.3, 0.4) is 0 Å². The van der Waals surface area contributed by atoms with Gasteiger partial charge in [0.15, 0.2) is 0 Å². The van der Waals surface area contributed by atoms with E-state index in [1.54, 1.807) is 11.9 Å². The normalized spacial score (nSPS) is 19.8. The summed E-state index contributed by atoms with van der Waals surface area (Å²) in [5.41, 5.74) is 2.62. The number of fused-ring (bicyclic) bond motifs is 1. The monoisotopic (exact) mass is 267 g/mol. The number of nitrogens with zero attached hydrogens (tertiary/aromatic N) is 1. The van der Waals surface area contributed by atoms with E-state index in [1.807, 2.05) is 11.3 Å². The van der Waals surface area contributed by atoms with E-state index in [2.05, 4.69) is 28.9 Å². The maximum atomic E-state index is 4.51. The molecule has 5 heteroatoms. The van der Waals surface area contributed by atoms with Gasteiger partial charge >= 0.3 is 0 Å². The molecule has 3 rings (SSSR count). The van der Waals surface area contributed by atoms with Gasteiger partial charge in [-0.05, 0) is 32.3 Å². The first-order valence-electron chi connectivity index (χ1n) is 6.12. The van der Waals surface area contributed by atoms with Crippen molar-refractivity contribution in [1.82, 2.24) is 5.32 Å². The summed E-state index contributed by atoms with van der Waals surface area (Å²) in [6, 6.07) is 0.614. The van der Waals surface area contributed by atoms with Gasteiger partial charge in [0.05, 0.1) is 5.69 Å². The maximum absolute atomic E-state index is 4.51. The zero-order valence-electron chi connectivity index (χ0n) is 10.2. The molecule has 92 valence electrons. The number of hydrogen-bond acceptors (Lipinski definition) is 5. The lowest BCUT2D eigenvalue weighted by Gasteiger charge is -2.20. The lowest BCUT2D eigenvalue weighted by atomic mass is 10.2. The summed E-state index contributed by atoms with van der Waals surface area (Å²) in [6.45, 7) is 4.35. The van der Waals surface area contributed by atoms with E-state index in [9.17, 15) is 0 Å². The molecule has 1 fully saturated rings. The van der Waals surface area contributed by atoms with Crippen LogP contribution >= 0.6 is 23.3 Å². The molecule has 0 radical (unpaired) electrons. The molecule has 0 unspecified atom stereocenters. The zero-order valence-corrected chi connectivity index (χ0v) is 11.8. The number of hydrogen-bond donors (Lipinski definition) is 2. The Bertz CT molecular complexity index is 459. The van der Waals surface area contributed by atoms with Crippen molar-refractivity contribution in [3.05, 3.63) is 10.4 Å². The fourth-order valence-corrected chi connectivity index (χ4v) is 4.40. The predicted molar refractivity (Wildman–Crippen MR) is 76.1 cm³/mol. The van der Waals surface area contributed by atoms with Crippen LogP contribution < -0.4 is 10.6 Å². The Morgan fingerprint density at radius 3 is 2.82 bits per heavy atom. The average Bonchev–Trinajstić information content (AvgIpc) is 2.91. The van der Waals surface area contributed by atoms with E-state index >= 15 is 0 Å². The van der Waals surface area contributed by atoms with Crippen molar-refractivity contribution in [2.45, 2.75) is 49.8 Å². The second-order valence-electron chi connectivity index (χ2n) is 4.73. The van der Waals surface area contributed by atoms with Crippen LogP contribution in [0.25, 0.3) is 0 Å². The van der Waals surface area contributed by atoms with Crippen LogP contribution in [0.2, 0.25) is 0 Å². The van der Waals surface area contributed by atoms with Gasteiger partial charge in [0.25, 0.3) is 0 Å². The second-order valence-corrected chi connectivity index (χ2v) is 6.98. The molecule has 0 amide bonds. The van der Waals surface area contributed by atoms with E-state index in [-0.39, 0.29) is 0 Å². The number of aryl methyl sites for hydroxylation is 1. The summed E-state index contributed by atoms with van der Waals surface area (Å²) in [5, 5.41) is 6.96. The average molecular weight is 267 g/mol. The third-order valence-corrected chi connectivity index (χ3v) is 5.63. The number of thiophene rings is 1. The summed E-state index contributed by atoms with van der Waals surface area (Å²) in [5.74, 6) is 0.940. The third-order valence-electron chi connectivity index (χ3n) is 3.51. The van der Waals surface area contributed by atoms with Gasteiger partial charge in [-0.3, -0.25) is 0 Å². The number of rotatable bonds is 1. The summed E-state index contributed by atoms with van der Waals surface area (Å²) in [7, 11) is 0.